The molecule has 0 saturated carbocycles. The smallest absolute Gasteiger partial charge is 0.0782 e. The number of hydrogen-bond donors (Lipinski definition) is 0. The topological polar surface area (TPSA) is 0 Å². The van der Waals surface area contributed by atoms with Gasteiger partial charge in [0, 0.05) is 0 Å². The Hall–Kier alpha value is 0.440. The summed E-state index contributed by atoms with van der Waals surface area (Å²) in [5.41, 5.74) is 0. The molecule has 2 heteroatoms. The number of hydrogen-bond acceptors (Lipinski definition) is 0. The lowest BCUT2D eigenvalue weighted by atomic mass is 10.1. The van der Waals surface area contributed by atoms with Gasteiger partial charge in [-0.25, -0.2) is 0 Å². The summed E-state index contributed by atoms with van der Waals surface area (Å²) in [5.74, 6) is 0. The molecular formula is C18H41BrN+. The highest BCUT2D eigenvalue weighted by atomic mass is 79.9. The number of nitrogens with zero attached hydrogens (tertiary/aromatic N) is 1. The molecule has 0 bridgehead atoms. The molecule has 0 saturated heterocycles. The Morgan fingerprint density at radius 1 is 0.500 bits per heavy atom. The fourth-order valence-electron chi connectivity index (χ4n) is 2.75. The first kappa shape index (κ1) is 22.7. The fraction of sp³-hybridized carbons (Fsp3) is 1.00. The molecule has 0 atom stereocenters. The second-order valence-electron chi connectivity index (χ2n) is 6.92. The lowest BCUT2D eigenvalue weighted by molar-refractivity contribution is -0.890. The van der Waals surface area contributed by atoms with Gasteiger partial charge >= 0.3 is 0 Å². The molecule has 124 valence electrons. The van der Waals surface area contributed by atoms with E-state index in [1.165, 1.54) is 94.6 Å². The molecule has 0 aromatic rings. The molecule has 0 rings (SSSR count). The van der Waals surface area contributed by atoms with Gasteiger partial charge in [-0.2, -0.15) is 0 Å². The molecule has 0 aliphatic rings. The third-order valence-electron chi connectivity index (χ3n) is 4.23. The molecular weight excluding hydrogens is 310 g/mol. The van der Waals surface area contributed by atoms with E-state index < -0.39 is 0 Å². The highest BCUT2D eigenvalue weighted by Crippen LogP contribution is 2.11. The summed E-state index contributed by atoms with van der Waals surface area (Å²) < 4.78 is 1.24. The van der Waals surface area contributed by atoms with Crippen molar-refractivity contribution >= 4 is 17.0 Å². The minimum atomic E-state index is 0. The summed E-state index contributed by atoms with van der Waals surface area (Å²) in [6.07, 6.45) is 17.1. The molecule has 0 aliphatic heterocycles. The van der Waals surface area contributed by atoms with E-state index in [2.05, 4.69) is 27.9 Å². The summed E-state index contributed by atoms with van der Waals surface area (Å²) in [6, 6.07) is 0. The molecule has 0 aromatic heterocycles. The molecule has 0 amide bonds. The van der Waals surface area contributed by atoms with Crippen molar-refractivity contribution in [2.75, 3.05) is 27.2 Å². The number of halogens is 1. The highest BCUT2D eigenvalue weighted by molar-refractivity contribution is 8.93. The van der Waals surface area contributed by atoms with E-state index >= 15 is 0 Å². The Bertz CT molecular complexity index is 162. The molecule has 0 N–H and O–H groups in total. The minimum absolute atomic E-state index is 0. The summed E-state index contributed by atoms with van der Waals surface area (Å²) in [4.78, 5) is 0. The van der Waals surface area contributed by atoms with Gasteiger partial charge in [0.15, 0.2) is 0 Å². The molecule has 20 heavy (non-hydrogen) atoms. The van der Waals surface area contributed by atoms with Gasteiger partial charge in [-0.3, -0.25) is 0 Å². The average molecular weight is 351 g/mol. The van der Waals surface area contributed by atoms with E-state index in [1.807, 2.05) is 0 Å². The van der Waals surface area contributed by atoms with Crippen LogP contribution in [0.3, 0.4) is 0 Å². The van der Waals surface area contributed by atoms with Gasteiger partial charge in [-0.15, -0.1) is 17.0 Å². The maximum absolute atomic E-state index is 2.41. The third kappa shape index (κ3) is 16.5. The van der Waals surface area contributed by atoms with Crippen molar-refractivity contribution < 1.29 is 4.48 Å². The van der Waals surface area contributed by atoms with Crippen LogP contribution < -0.4 is 0 Å². The largest absolute Gasteiger partial charge is 0.328 e. The molecule has 0 unspecified atom stereocenters. The zero-order valence-corrected chi connectivity index (χ0v) is 16.5. The summed E-state index contributed by atoms with van der Waals surface area (Å²) in [7, 11) is 4.83. The van der Waals surface area contributed by atoms with Gasteiger partial charge in [0.05, 0.1) is 27.2 Å². The average Bonchev–Trinajstić information content (AvgIpc) is 2.38. The number of unbranched alkanes of at least 4 members (excludes halogenated alkanes) is 10. The van der Waals surface area contributed by atoms with Gasteiger partial charge in [-0.1, -0.05) is 65.2 Å². The SMILES string of the molecule is Br.CCCCCCCC[N+](C)(C)CCCCCCCC. The van der Waals surface area contributed by atoms with Crippen molar-refractivity contribution in [2.45, 2.75) is 90.9 Å². The van der Waals surface area contributed by atoms with Crippen LogP contribution in [0, 0.1) is 0 Å². The summed E-state index contributed by atoms with van der Waals surface area (Å²) >= 11 is 0. The van der Waals surface area contributed by atoms with Crippen molar-refractivity contribution in [3.8, 4) is 0 Å². The quantitative estimate of drug-likeness (QED) is 0.252. The van der Waals surface area contributed by atoms with Crippen molar-refractivity contribution in [1.29, 1.82) is 0 Å². The zero-order chi connectivity index (χ0) is 14.4. The van der Waals surface area contributed by atoms with E-state index in [-0.39, 0.29) is 17.0 Å². The first-order valence-corrected chi connectivity index (χ1v) is 8.94. The highest BCUT2D eigenvalue weighted by Gasteiger charge is 2.13. The van der Waals surface area contributed by atoms with Crippen LogP contribution in [0.5, 0.6) is 0 Å². The van der Waals surface area contributed by atoms with Gasteiger partial charge in [0.2, 0.25) is 0 Å². The molecule has 0 aliphatic carbocycles. The Labute approximate surface area is 139 Å². The fourth-order valence-corrected chi connectivity index (χ4v) is 2.75. The monoisotopic (exact) mass is 350 g/mol. The predicted octanol–water partition coefficient (Wildman–Crippen LogP) is 6.36. The molecule has 1 nitrogen and oxygen atoms in total. The van der Waals surface area contributed by atoms with Gasteiger partial charge in [0.1, 0.15) is 0 Å². The van der Waals surface area contributed by atoms with Crippen molar-refractivity contribution in [1.82, 2.24) is 0 Å². The van der Waals surface area contributed by atoms with Crippen molar-refractivity contribution in [2.24, 2.45) is 0 Å². The predicted molar refractivity (Wildman–Crippen MR) is 98.9 cm³/mol. The van der Waals surface area contributed by atoms with Gasteiger partial charge in [-0.05, 0) is 25.7 Å². The normalized spacial score (nSPS) is 11.4. The van der Waals surface area contributed by atoms with Crippen LogP contribution in [-0.4, -0.2) is 31.7 Å². The maximum Gasteiger partial charge on any atom is 0.0782 e. The molecule has 0 aromatic carbocycles. The van der Waals surface area contributed by atoms with E-state index in [1.54, 1.807) is 0 Å². The molecule has 0 heterocycles. The molecule has 0 radical (unpaired) electrons. The Balaban J connectivity index is 0. The first-order chi connectivity index (χ1) is 9.12. The van der Waals surface area contributed by atoms with Crippen LogP contribution in [0.15, 0.2) is 0 Å². The zero-order valence-electron chi connectivity index (χ0n) is 14.8. The number of quaternary nitrogens is 1. The van der Waals surface area contributed by atoms with Crippen molar-refractivity contribution in [3.63, 3.8) is 0 Å². The Morgan fingerprint density at radius 2 is 0.800 bits per heavy atom. The lowest BCUT2D eigenvalue weighted by Gasteiger charge is -2.30. The van der Waals surface area contributed by atoms with Crippen LogP contribution in [0.4, 0.5) is 0 Å². The lowest BCUT2D eigenvalue weighted by Crippen LogP contribution is -2.41. The van der Waals surface area contributed by atoms with Crippen LogP contribution in [0.25, 0.3) is 0 Å². The minimum Gasteiger partial charge on any atom is -0.328 e. The van der Waals surface area contributed by atoms with Gasteiger partial charge in [0.25, 0.3) is 0 Å². The van der Waals surface area contributed by atoms with E-state index in [0.29, 0.717) is 0 Å². The van der Waals surface area contributed by atoms with Crippen LogP contribution >= 0.6 is 17.0 Å². The second kappa shape index (κ2) is 15.8. The third-order valence-corrected chi connectivity index (χ3v) is 4.23. The van der Waals surface area contributed by atoms with Crippen LogP contribution in [0.2, 0.25) is 0 Å². The van der Waals surface area contributed by atoms with E-state index in [9.17, 15) is 0 Å². The van der Waals surface area contributed by atoms with Crippen LogP contribution in [0.1, 0.15) is 90.9 Å². The first-order valence-electron chi connectivity index (χ1n) is 8.94. The summed E-state index contributed by atoms with van der Waals surface area (Å²) in [6.45, 7) is 7.34. The van der Waals surface area contributed by atoms with Gasteiger partial charge < -0.3 is 4.48 Å². The molecule has 0 fully saturated rings. The Kier molecular flexibility index (Phi) is 18.0. The van der Waals surface area contributed by atoms with Crippen molar-refractivity contribution in [3.05, 3.63) is 0 Å². The van der Waals surface area contributed by atoms with Crippen LogP contribution in [-0.2, 0) is 0 Å². The second-order valence-corrected chi connectivity index (χ2v) is 6.92. The number of rotatable bonds is 14. The van der Waals surface area contributed by atoms with E-state index in [0.717, 1.165) is 0 Å². The molecule has 0 spiro atoms. The summed E-state index contributed by atoms with van der Waals surface area (Å²) in [5, 5.41) is 0. The maximum atomic E-state index is 2.41. The Morgan fingerprint density at radius 3 is 1.15 bits per heavy atom. The van der Waals surface area contributed by atoms with E-state index in [4.69, 9.17) is 0 Å². The standard InChI is InChI=1S/C18H40N.BrH/c1-5-7-9-11-13-15-17-19(3,4)18-16-14-12-10-8-6-2;/h5-18H2,1-4H3;1H/q+1;.